The molecule has 0 saturated heterocycles. The summed E-state index contributed by atoms with van der Waals surface area (Å²) in [6, 6.07) is 13.8. The smallest absolute Gasteiger partial charge is 0.387 e. The van der Waals surface area contributed by atoms with Gasteiger partial charge in [0.1, 0.15) is 5.75 Å². The molecule has 0 atom stereocenters. The standard InChI is InChI=1S/C19H22F2N2O2/c1-22-12-11-15-5-3-4-6-17(15)18(24)23(2)13-14-7-9-16(10-8-14)25-19(20)21/h3-10,19,22H,11-13H2,1-2H3. The highest BCUT2D eigenvalue weighted by Crippen LogP contribution is 2.17. The van der Waals surface area contributed by atoms with E-state index >= 15 is 0 Å². The lowest BCUT2D eigenvalue weighted by molar-refractivity contribution is -0.0498. The Balaban J connectivity index is 2.05. The van der Waals surface area contributed by atoms with Crippen LogP contribution in [0.25, 0.3) is 0 Å². The Labute approximate surface area is 146 Å². The van der Waals surface area contributed by atoms with Crippen LogP contribution >= 0.6 is 0 Å². The number of ether oxygens (including phenoxy) is 1. The molecule has 1 amide bonds. The van der Waals surface area contributed by atoms with Crippen molar-refractivity contribution in [3.63, 3.8) is 0 Å². The number of benzene rings is 2. The zero-order valence-electron chi connectivity index (χ0n) is 14.3. The Morgan fingerprint density at radius 1 is 1.16 bits per heavy atom. The SMILES string of the molecule is CNCCc1ccccc1C(=O)N(C)Cc1ccc(OC(F)F)cc1. The summed E-state index contributed by atoms with van der Waals surface area (Å²) in [5.74, 6) is 0.0322. The molecule has 0 aliphatic rings. The van der Waals surface area contributed by atoms with Crippen molar-refractivity contribution in [2.75, 3.05) is 20.6 Å². The van der Waals surface area contributed by atoms with Gasteiger partial charge in [-0.05, 0) is 49.3 Å². The molecule has 0 unspecified atom stereocenters. The number of hydrogen-bond acceptors (Lipinski definition) is 3. The molecule has 134 valence electrons. The number of nitrogens with one attached hydrogen (secondary N) is 1. The average molecular weight is 348 g/mol. The molecule has 25 heavy (non-hydrogen) atoms. The summed E-state index contributed by atoms with van der Waals surface area (Å²) in [6.45, 7) is -1.67. The largest absolute Gasteiger partial charge is 0.435 e. The molecule has 2 rings (SSSR count). The second kappa shape index (κ2) is 9.13. The van der Waals surface area contributed by atoms with E-state index in [0.29, 0.717) is 12.1 Å². The first-order valence-electron chi connectivity index (χ1n) is 8.03. The van der Waals surface area contributed by atoms with Crippen molar-refractivity contribution in [3.05, 3.63) is 65.2 Å². The first-order valence-corrected chi connectivity index (χ1v) is 8.03. The third kappa shape index (κ3) is 5.53. The summed E-state index contributed by atoms with van der Waals surface area (Å²) < 4.78 is 28.7. The Morgan fingerprint density at radius 3 is 2.48 bits per heavy atom. The van der Waals surface area contributed by atoms with Gasteiger partial charge in [0.05, 0.1) is 0 Å². The molecule has 4 nitrogen and oxygen atoms in total. The van der Waals surface area contributed by atoms with Crippen LogP contribution < -0.4 is 10.1 Å². The molecule has 0 aliphatic carbocycles. The van der Waals surface area contributed by atoms with Crippen molar-refractivity contribution in [2.24, 2.45) is 0 Å². The van der Waals surface area contributed by atoms with Crippen LogP contribution in [0.1, 0.15) is 21.5 Å². The van der Waals surface area contributed by atoms with Crippen molar-refractivity contribution in [1.82, 2.24) is 10.2 Å². The summed E-state index contributed by atoms with van der Waals surface area (Å²) >= 11 is 0. The first-order chi connectivity index (χ1) is 12.0. The Bertz CT molecular complexity index is 690. The minimum absolute atomic E-state index is 0.0698. The molecule has 0 bridgehead atoms. The quantitative estimate of drug-likeness (QED) is 0.796. The predicted molar refractivity (Wildman–Crippen MR) is 92.9 cm³/mol. The van der Waals surface area contributed by atoms with Gasteiger partial charge < -0.3 is 15.0 Å². The van der Waals surface area contributed by atoms with E-state index in [9.17, 15) is 13.6 Å². The van der Waals surface area contributed by atoms with E-state index in [0.717, 1.165) is 24.1 Å². The molecule has 2 aromatic carbocycles. The summed E-state index contributed by atoms with van der Waals surface area (Å²) in [6.07, 6.45) is 0.770. The predicted octanol–water partition coefficient (Wildman–Crippen LogP) is 3.32. The molecule has 0 aromatic heterocycles. The highest BCUT2D eigenvalue weighted by atomic mass is 19.3. The van der Waals surface area contributed by atoms with E-state index in [2.05, 4.69) is 10.1 Å². The molecule has 2 aromatic rings. The van der Waals surface area contributed by atoms with Crippen molar-refractivity contribution in [3.8, 4) is 5.75 Å². The highest BCUT2D eigenvalue weighted by Gasteiger charge is 2.15. The number of amides is 1. The number of halogens is 2. The van der Waals surface area contributed by atoms with Crippen molar-refractivity contribution in [2.45, 2.75) is 19.6 Å². The number of nitrogens with zero attached hydrogens (tertiary/aromatic N) is 1. The molecule has 1 N–H and O–H groups in total. The van der Waals surface area contributed by atoms with Crippen molar-refractivity contribution >= 4 is 5.91 Å². The van der Waals surface area contributed by atoms with Crippen molar-refractivity contribution in [1.29, 1.82) is 0 Å². The fourth-order valence-corrected chi connectivity index (χ4v) is 2.53. The minimum atomic E-state index is -2.84. The molecule has 0 fully saturated rings. The Hall–Kier alpha value is -2.47. The van der Waals surface area contributed by atoms with Crippen LogP contribution in [0.3, 0.4) is 0 Å². The normalized spacial score (nSPS) is 10.8. The van der Waals surface area contributed by atoms with Crippen molar-refractivity contribution < 1.29 is 18.3 Å². The highest BCUT2D eigenvalue weighted by molar-refractivity contribution is 5.95. The van der Waals surface area contributed by atoms with Gasteiger partial charge in [0.2, 0.25) is 0 Å². The van der Waals surface area contributed by atoms with Crippen LogP contribution in [0.4, 0.5) is 8.78 Å². The number of alkyl halides is 2. The van der Waals surface area contributed by atoms with Gasteiger partial charge in [0, 0.05) is 19.2 Å². The molecule has 0 heterocycles. The molecule has 0 aliphatic heterocycles. The Morgan fingerprint density at radius 2 is 1.84 bits per heavy atom. The topological polar surface area (TPSA) is 41.6 Å². The number of carbonyl (C=O) groups excluding carboxylic acids is 1. The van der Waals surface area contributed by atoms with Gasteiger partial charge in [-0.15, -0.1) is 0 Å². The summed E-state index contributed by atoms with van der Waals surface area (Å²) in [7, 11) is 3.60. The summed E-state index contributed by atoms with van der Waals surface area (Å²) in [5, 5.41) is 3.08. The van der Waals surface area contributed by atoms with Gasteiger partial charge >= 0.3 is 6.61 Å². The van der Waals surface area contributed by atoms with E-state index < -0.39 is 6.61 Å². The second-order valence-corrected chi connectivity index (χ2v) is 5.69. The average Bonchev–Trinajstić information content (AvgIpc) is 2.60. The fourth-order valence-electron chi connectivity index (χ4n) is 2.53. The lowest BCUT2D eigenvalue weighted by atomic mass is 10.0. The maximum atomic E-state index is 12.7. The van der Waals surface area contributed by atoms with Gasteiger partial charge in [-0.1, -0.05) is 30.3 Å². The van der Waals surface area contributed by atoms with Gasteiger partial charge in [0.15, 0.2) is 0 Å². The van der Waals surface area contributed by atoms with E-state index in [-0.39, 0.29) is 11.7 Å². The molecular weight excluding hydrogens is 326 g/mol. The molecular formula is C19H22F2N2O2. The molecule has 0 saturated carbocycles. The molecule has 6 heteroatoms. The zero-order chi connectivity index (χ0) is 18.2. The molecule has 0 radical (unpaired) electrons. The maximum absolute atomic E-state index is 12.7. The lowest BCUT2D eigenvalue weighted by Crippen LogP contribution is -2.27. The lowest BCUT2D eigenvalue weighted by Gasteiger charge is -2.19. The summed E-state index contributed by atoms with van der Waals surface area (Å²) in [4.78, 5) is 14.3. The van der Waals surface area contributed by atoms with Crippen LogP contribution in [0, 0.1) is 0 Å². The summed E-state index contributed by atoms with van der Waals surface area (Å²) in [5.41, 5.74) is 2.51. The third-order valence-corrected chi connectivity index (χ3v) is 3.81. The monoisotopic (exact) mass is 348 g/mol. The first kappa shape index (κ1) is 18.9. The fraction of sp³-hybridized carbons (Fsp3) is 0.316. The van der Waals surface area contributed by atoms with Crippen LogP contribution in [0.2, 0.25) is 0 Å². The number of likely N-dealkylation sites (N-methyl/N-ethyl adjacent to an activating group) is 1. The van der Waals surface area contributed by atoms with Crippen LogP contribution in [-0.2, 0) is 13.0 Å². The van der Waals surface area contributed by atoms with Gasteiger partial charge in [0.25, 0.3) is 5.91 Å². The van der Waals surface area contributed by atoms with Crippen LogP contribution in [0.5, 0.6) is 5.75 Å². The minimum Gasteiger partial charge on any atom is -0.435 e. The Kier molecular flexibility index (Phi) is 6.89. The van der Waals surface area contributed by atoms with Crippen LogP contribution in [0.15, 0.2) is 48.5 Å². The van der Waals surface area contributed by atoms with E-state index in [1.165, 1.54) is 12.1 Å². The number of rotatable bonds is 8. The molecule has 0 spiro atoms. The van der Waals surface area contributed by atoms with E-state index in [4.69, 9.17) is 0 Å². The maximum Gasteiger partial charge on any atom is 0.387 e. The van der Waals surface area contributed by atoms with Gasteiger partial charge in [-0.2, -0.15) is 8.78 Å². The second-order valence-electron chi connectivity index (χ2n) is 5.69. The van der Waals surface area contributed by atoms with Gasteiger partial charge in [-0.25, -0.2) is 0 Å². The number of carbonyl (C=O) groups is 1. The van der Waals surface area contributed by atoms with E-state index in [1.807, 2.05) is 31.3 Å². The zero-order valence-corrected chi connectivity index (χ0v) is 14.3. The number of hydrogen-bond donors (Lipinski definition) is 1. The van der Waals surface area contributed by atoms with Gasteiger partial charge in [-0.3, -0.25) is 4.79 Å². The van der Waals surface area contributed by atoms with E-state index in [1.54, 1.807) is 24.1 Å². The third-order valence-electron chi connectivity index (χ3n) is 3.81. The van der Waals surface area contributed by atoms with Crippen LogP contribution in [-0.4, -0.2) is 38.1 Å².